The van der Waals surface area contributed by atoms with Crippen LogP contribution in [0.2, 0.25) is 0 Å². The lowest BCUT2D eigenvalue weighted by Crippen LogP contribution is -2.45. The van der Waals surface area contributed by atoms with Crippen LogP contribution in [0.1, 0.15) is 30.1 Å². The number of phenolic OH excluding ortho intramolecular Hbond substituents is 1. The molecular weight excluding hydrogens is 264 g/mol. The smallest absolute Gasteiger partial charge is 0.311 e. The van der Waals surface area contributed by atoms with Crippen LogP contribution in [0, 0.1) is 10.1 Å². The zero-order chi connectivity index (χ0) is 14.9. The van der Waals surface area contributed by atoms with E-state index in [4.69, 9.17) is 0 Å². The number of hydrogen-bond acceptors (Lipinski definition) is 5. The Kier molecular flexibility index (Phi) is 3.63. The van der Waals surface area contributed by atoms with Gasteiger partial charge < -0.3 is 15.1 Å². The SMILES string of the molecule is CC1(O)CCN(C(=O)c2cccc([N+](=O)[O-])c2O)CC1. The summed E-state index contributed by atoms with van der Waals surface area (Å²) in [7, 11) is 0. The Hall–Kier alpha value is -2.15. The van der Waals surface area contributed by atoms with Crippen molar-refractivity contribution in [1.29, 1.82) is 0 Å². The lowest BCUT2D eigenvalue weighted by Gasteiger charge is -2.35. The molecule has 0 radical (unpaired) electrons. The molecule has 1 fully saturated rings. The van der Waals surface area contributed by atoms with E-state index in [-0.39, 0.29) is 5.56 Å². The number of carbonyl (C=O) groups excluding carboxylic acids is 1. The lowest BCUT2D eigenvalue weighted by molar-refractivity contribution is -0.385. The molecule has 1 aromatic rings. The largest absolute Gasteiger partial charge is 0.502 e. The van der Waals surface area contributed by atoms with Gasteiger partial charge in [-0.25, -0.2) is 0 Å². The van der Waals surface area contributed by atoms with E-state index in [9.17, 15) is 25.1 Å². The molecular formula is C13H16N2O5. The zero-order valence-corrected chi connectivity index (χ0v) is 11.1. The normalized spacial score (nSPS) is 17.8. The van der Waals surface area contributed by atoms with Gasteiger partial charge in [0.2, 0.25) is 5.75 Å². The van der Waals surface area contributed by atoms with E-state index in [0.717, 1.165) is 6.07 Å². The minimum Gasteiger partial charge on any atom is -0.502 e. The minimum atomic E-state index is -0.790. The number of aliphatic hydroxyl groups is 1. The number of amides is 1. The summed E-state index contributed by atoms with van der Waals surface area (Å²) in [6.07, 6.45) is 0.878. The molecule has 0 bridgehead atoms. The molecule has 1 saturated heterocycles. The molecule has 0 atom stereocenters. The molecule has 1 amide bonds. The van der Waals surface area contributed by atoms with Gasteiger partial charge in [0.25, 0.3) is 5.91 Å². The van der Waals surface area contributed by atoms with Crippen LogP contribution in [0.4, 0.5) is 5.69 Å². The number of phenols is 1. The quantitative estimate of drug-likeness (QED) is 0.627. The average molecular weight is 280 g/mol. The predicted octanol–water partition coefficient (Wildman–Crippen LogP) is 1.29. The van der Waals surface area contributed by atoms with Gasteiger partial charge in [-0.1, -0.05) is 6.07 Å². The van der Waals surface area contributed by atoms with E-state index < -0.39 is 27.9 Å². The first-order chi connectivity index (χ1) is 9.32. The van der Waals surface area contributed by atoms with Crippen LogP contribution in [0.5, 0.6) is 5.75 Å². The highest BCUT2D eigenvalue weighted by atomic mass is 16.6. The molecule has 0 spiro atoms. The maximum absolute atomic E-state index is 12.3. The number of aromatic hydroxyl groups is 1. The molecule has 2 N–H and O–H groups in total. The van der Waals surface area contributed by atoms with Gasteiger partial charge in [-0.3, -0.25) is 14.9 Å². The van der Waals surface area contributed by atoms with Crippen molar-refractivity contribution in [3.63, 3.8) is 0 Å². The Morgan fingerprint density at radius 2 is 2.00 bits per heavy atom. The maximum Gasteiger partial charge on any atom is 0.311 e. The summed E-state index contributed by atoms with van der Waals surface area (Å²) in [6, 6.07) is 3.87. The molecule has 0 aliphatic carbocycles. The Bertz CT molecular complexity index is 546. The number of rotatable bonds is 2. The molecule has 0 unspecified atom stereocenters. The number of likely N-dealkylation sites (tertiary alicyclic amines) is 1. The van der Waals surface area contributed by atoms with Crippen LogP contribution < -0.4 is 0 Å². The van der Waals surface area contributed by atoms with E-state index in [1.807, 2.05) is 0 Å². The van der Waals surface area contributed by atoms with Crippen molar-refractivity contribution in [2.75, 3.05) is 13.1 Å². The molecule has 1 aliphatic rings. The van der Waals surface area contributed by atoms with Gasteiger partial charge in [0.15, 0.2) is 0 Å². The number of piperidine rings is 1. The van der Waals surface area contributed by atoms with Gasteiger partial charge in [-0.15, -0.1) is 0 Å². The fourth-order valence-corrected chi connectivity index (χ4v) is 2.21. The van der Waals surface area contributed by atoms with Gasteiger partial charge in [-0.2, -0.15) is 0 Å². The second-order valence-electron chi connectivity index (χ2n) is 5.22. The van der Waals surface area contributed by atoms with Gasteiger partial charge in [0, 0.05) is 19.2 Å². The number of para-hydroxylation sites is 1. The summed E-state index contributed by atoms with van der Waals surface area (Å²) in [4.78, 5) is 23.8. The second-order valence-corrected chi connectivity index (χ2v) is 5.22. The van der Waals surface area contributed by atoms with Crippen LogP contribution in [-0.2, 0) is 0 Å². The third-order valence-electron chi connectivity index (χ3n) is 3.57. The fourth-order valence-electron chi connectivity index (χ4n) is 2.21. The zero-order valence-electron chi connectivity index (χ0n) is 11.1. The van der Waals surface area contributed by atoms with Crippen LogP contribution in [0.25, 0.3) is 0 Å². The monoisotopic (exact) mass is 280 g/mol. The van der Waals surface area contributed by atoms with E-state index >= 15 is 0 Å². The second kappa shape index (κ2) is 5.09. The van der Waals surface area contributed by atoms with Crippen LogP contribution in [-0.4, -0.2) is 44.6 Å². The Morgan fingerprint density at radius 1 is 1.40 bits per heavy atom. The van der Waals surface area contributed by atoms with Gasteiger partial charge in [0.1, 0.15) is 0 Å². The van der Waals surface area contributed by atoms with Crippen LogP contribution in [0.15, 0.2) is 18.2 Å². The number of hydrogen-bond donors (Lipinski definition) is 2. The topological polar surface area (TPSA) is 104 Å². The first-order valence-corrected chi connectivity index (χ1v) is 6.30. The molecule has 1 aliphatic heterocycles. The van der Waals surface area contributed by atoms with E-state index in [1.165, 1.54) is 17.0 Å². The summed E-state index contributed by atoms with van der Waals surface area (Å²) >= 11 is 0. The number of nitro benzene ring substituents is 1. The molecule has 0 saturated carbocycles. The highest BCUT2D eigenvalue weighted by Crippen LogP contribution is 2.31. The summed E-state index contributed by atoms with van der Waals surface area (Å²) in [5.41, 5.74) is -1.36. The number of nitro groups is 1. The number of carbonyl (C=O) groups is 1. The third kappa shape index (κ3) is 2.72. The van der Waals surface area contributed by atoms with E-state index in [1.54, 1.807) is 6.92 Å². The van der Waals surface area contributed by atoms with Crippen molar-refractivity contribution in [2.24, 2.45) is 0 Å². The number of nitrogens with zero attached hydrogens (tertiary/aromatic N) is 2. The summed E-state index contributed by atoms with van der Waals surface area (Å²) < 4.78 is 0. The first kappa shape index (κ1) is 14.3. The highest BCUT2D eigenvalue weighted by molar-refractivity contribution is 5.98. The van der Waals surface area contributed by atoms with Crippen molar-refractivity contribution in [3.8, 4) is 5.75 Å². The van der Waals surface area contributed by atoms with Gasteiger partial charge in [-0.05, 0) is 25.8 Å². The maximum atomic E-state index is 12.3. The molecule has 7 nitrogen and oxygen atoms in total. The third-order valence-corrected chi connectivity index (χ3v) is 3.57. The van der Waals surface area contributed by atoms with Crippen molar-refractivity contribution in [1.82, 2.24) is 4.90 Å². The van der Waals surface area contributed by atoms with Crippen molar-refractivity contribution in [2.45, 2.75) is 25.4 Å². The Balaban J connectivity index is 2.22. The van der Waals surface area contributed by atoms with Crippen molar-refractivity contribution in [3.05, 3.63) is 33.9 Å². The number of benzene rings is 1. The van der Waals surface area contributed by atoms with Gasteiger partial charge in [0.05, 0.1) is 16.1 Å². The summed E-state index contributed by atoms with van der Waals surface area (Å²) in [5.74, 6) is -1.07. The molecule has 20 heavy (non-hydrogen) atoms. The molecule has 1 heterocycles. The summed E-state index contributed by atoms with van der Waals surface area (Å²) in [5, 5.41) is 30.4. The molecule has 0 aromatic heterocycles. The standard InChI is InChI=1S/C13H16N2O5/c1-13(18)5-7-14(8-6-13)12(17)9-3-2-4-10(11(9)16)15(19)20/h2-4,16,18H,5-8H2,1H3. The van der Waals surface area contributed by atoms with E-state index in [0.29, 0.717) is 25.9 Å². The fraction of sp³-hybridized carbons (Fsp3) is 0.462. The average Bonchev–Trinajstić information content (AvgIpc) is 2.38. The predicted molar refractivity (Wildman–Crippen MR) is 70.5 cm³/mol. The molecule has 2 rings (SSSR count). The minimum absolute atomic E-state index is 0.0826. The van der Waals surface area contributed by atoms with E-state index in [2.05, 4.69) is 0 Å². The van der Waals surface area contributed by atoms with Crippen molar-refractivity contribution >= 4 is 11.6 Å². The van der Waals surface area contributed by atoms with Crippen LogP contribution in [0.3, 0.4) is 0 Å². The molecule has 7 heteroatoms. The van der Waals surface area contributed by atoms with Crippen molar-refractivity contribution < 1.29 is 19.9 Å². The Labute approximate surface area is 115 Å². The Morgan fingerprint density at radius 3 is 2.55 bits per heavy atom. The first-order valence-electron chi connectivity index (χ1n) is 6.30. The lowest BCUT2D eigenvalue weighted by atomic mass is 9.93. The molecule has 1 aromatic carbocycles. The summed E-state index contributed by atoms with van der Waals surface area (Å²) in [6.45, 7) is 2.42. The van der Waals surface area contributed by atoms with Gasteiger partial charge >= 0.3 is 5.69 Å². The molecule has 108 valence electrons. The highest BCUT2D eigenvalue weighted by Gasteiger charge is 2.32. The van der Waals surface area contributed by atoms with Crippen LogP contribution >= 0.6 is 0 Å².